The van der Waals surface area contributed by atoms with Crippen LogP contribution >= 0.6 is 0 Å². The highest BCUT2D eigenvalue weighted by atomic mass is 16.5. The van der Waals surface area contributed by atoms with Crippen molar-refractivity contribution < 1.29 is 18.6 Å². The van der Waals surface area contributed by atoms with Crippen molar-refractivity contribution in [1.82, 2.24) is 4.98 Å². The SMILES string of the molecule is COc1ccc(C2(c3ccc(OC)cc3)C=Cc3c4c(c5cc6oc(=O)[nH]c6cc5c3O2)-c2ccc(C)cc2C42CCCCCCC2)cc1. The van der Waals surface area contributed by atoms with Crippen LogP contribution in [-0.4, -0.2) is 19.2 Å². The van der Waals surface area contributed by atoms with Crippen LogP contribution in [0.3, 0.4) is 0 Å². The van der Waals surface area contributed by atoms with E-state index in [1.165, 1.54) is 59.9 Å². The number of aryl methyl sites for hydroxylation is 1. The molecule has 9 rings (SSSR count). The Balaban J connectivity index is 1.39. The highest BCUT2D eigenvalue weighted by molar-refractivity contribution is 6.12. The van der Waals surface area contributed by atoms with Gasteiger partial charge in [-0.05, 0) is 89.9 Å². The minimum Gasteiger partial charge on any atom is -0.497 e. The van der Waals surface area contributed by atoms with Crippen molar-refractivity contribution in [2.24, 2.45) is 0 Å². The number of nitrogens with one attached hydrogen (secondary N) is 1. The van der Waals surface area contributed by atoms with Crippen molar-refractivity contribution in [3.8, 4) is 28.4 Å². The van der Waals surface area contributed by atoms with Gasteiger partial charge in [-0.15, -0.1) is 0 Å². The predicted octanol–water partition coefficient (Wildman–Crippen LogP) is 9.96. The van der Waals surface area contributed by atoms with Gasteiger partial charge in [0.2, 0.25) is 0 Å². The first kappa shape index (κ1) is 29.9. The summed E-state index contributed by atoms with van der Waals surface area (Å²) in [4.78, 5) is 15.4. The normalized spacial score (nSPS) is 17.2. The first-order chi connectivity index (χ1) is 23.9. The van der Waals surface area contributed by atoms with Crippen LogP contribution in [0.2, 0.25) is 0 Å². The molecule has 0 saturated heterocycles. The standard InChI is InChI=1S/C43H39NO5/c1-26-9-18-31-35(23-26)42(20-7-5-4-6-8-21-42)39-32-19-22-43(27-10-14-29(46-2)15-11-27,28-12-16-30(47-3)17-13-28)49-40(32)34-24-36-37(48-41(45)44-36)25-33(34)38(31)39/h9-19,22-25H,4-8,20-21H2,1-3H3,(H,44,45). The van der Waals surface area contributed by atoms with Crippen LogP contribution in [0, 0.1) is 6.92 Å². The Labute approximate surface area is 285 Å². The summed E-state index contributed by atoms with van der Waals surface area (Å²) in [6.07, 6.45) is 12.9. The van der Waals surface area contributed by atoms with Crippen molar-refractivity contribution in [3.05, 3.63) is 129 Å². The molecule has 2 aliphatic carbocycles. The quantitative estimate of drug-likeness (QED) is 0.206. The first-order valence-electron chi connectivity index (χ1n) is 17.4. The summed E-state index contributed by atoms with van der Waals surface area (Å²) in [7, 11) is 3.36. The molecule has 1 spiro atoms. The molecule has 0 amide bonds. The Kier molecular flexibility index (Phi) is 6.80. The van der Waals surface area contributed by atoms with Crippen LogP contribution in [0.25, 0.3) is 39.1 Å². The Hall–Kier alpha value is -5.23. The molecule has 6 heteroatoms. The topological polar surface area (TPSA) is 73.7 Å². The molecule has 1 N–H and O–H groups in total. The Morgan fingerprint density at radius 1 is 0.755 bits per heavy atom. The van der Waals surface area contributed by atoms with Gasteiger partial charge in [-0.3, -0.25) is 4.98 Å². The Morgan fingerprint density at radius 2 is 1.41 bits per heavy atom. The maximum absolute atomic E-state index is 12.5. The molecular formula is C43H39NO5. The number of aromatic nitrogens is 1. The summed E-state index contributed by atoms with van der Waals surface area (Å²) in [5.41, 5.74) is 9.77. The zero-order valence-corrected chi connectivity index (χ0v) is 28.2. The summed E-state index contributed by atoms with van der Waals surface area (Å²) in [5, 5.41) is 1.99. The molecule has 246 valence electrons. The van der Waals surface area contributed by atoms with Crippen molar-refractivity contribution in [1.29, 1.82) is 0 Å². The number of benzene rings is 5. The third-order valence-electron chi connectivity index (χ3n) is 11.3. The minimum atomic E-state index is -0.943. The maximum atomic E-state index is 12.5. The van der Waals surface area contributed by atoms with Gasteiger partial charge in [-0.2, -0.15) is 0 Å². The summed E-state index contributed by atoms with van der Waals surface area (Å²) < 4.78 is 24.3. The number of H-pyrrole nitrogens is 1. The number of fused-ring (bicyclic) bond motifs is 11. The van der Waals surface area contributed by atoms with Gasteiger partial charge in [0.05, 0.1) is 19.7 Å². The van der Waals surface area contributed by atoms with E-state index in [9.17, 15) is 4.79 Å². The molecule has 0 unspecified atom stereocenters. The highest BCUT2D eigenvalue weighted by Gasteiger charge is 2.48. The fraction of sp³-hybridized carbons (Fsp3) is 0.279. The zero-order valence-electron chi connectivity index (χ0n) is 28.2. The van der Waals surface area contributed by atoms with E-state index in [1.807, 2.05) is 30.3 Å². The summed E-state index contributed by atoms with van der Waals surface area (Å²) in [5.74, 6) is 1.91. The first-order valence-corrected chi connectivity index (χ1v) is 17.4. The molecule has 0 bridgehead atoms. The van der Waals surface area contributed by atoms with Crippen LogP contribution in [0.15, 0.2) is 94.2 Å². The van der Waals surface area contributed by atoms with Crippen molar-refractivity contribution >= 4 is 27.9 Å². The van der Waals surface area contributed by atoms with Gasteiger partial charge in [-0.1, -0.05) is 86.2 Å². The van der Waals surface area contributed by atoms with Crippen LogP contribution in [-0.2, 0) is 11.0 Å². The van der Waals surface area contributed by atoms with Gasteiger partial charge in [0.15, 0.2) is 11.2 Å². The van der Waals surface area contributed by atoms with E-state index in [0.717, 1.165) is 57.6 Å². The van der Waals surface area contributed by atoms with Gasteiger partial charge >= 0.3 is 5.76 Å². The van der Waals surface area contributed by atoms with Crippen LogP contribution in [0.4, 0.5) is 0 Å². The van der Waals surface area contributed by atoms with E-state index in [0.29, 0.717) is 11.1 Å². The molecule has 1 fully saturated rings. The fourth-order valence-corrected chi connectivity index (χ4v) is 8.95. The van der Waals surface area contributed by atoms with Gasteiger partial charge in [-0.25, -0.2) is 4.79 Å². The molecule has 2 heterocycles. The second-order valence-electron chi connectivity index (χ2n) is 13.9. The number of aromatic amines is 1. The van der Waals surface area contributed by atoms with Gasteiger partial charge in [0.1, 0.15) is 17.2 Å². The van der Waals surface area contributed by atoms with Crippen molar-refractivity contribution in [2.75, 3.05) is 14.2 Å². The lowest BCUT2D eigenvalue weighted by Gasteiger charge is -2.40. The minimum absolute atomic E-state index is 0.142. The largest absolute Gasteiger partial charge is 0.497 e. The third kappa shape index (κ3) is 4.42. The van der Waals surface area contributed by atoms with E-state index < -0.39 is 11.4 Å². The predicted molar refractivity (Wildman–Crippen MR) is 194 cm³/mol. The second kappa shape index (κ2) is 11.2. The van der Waals surface area contributed by atoms with Crippen LogP contribution < -0.4 is 20.0 Å². The maximum Gasteiger partial charge on any atom is 0.417 e. The molecule has 1 aromatic heterocycles. The number of rotatable bonds is 4. The Bertz CT molecular complexity index is 2290. The molecule has 6 nitrogen and oxygen atoms in total. The monoisotopic (exact) mass is 649 g/mol. The number of ether oxygens (including phenoxy) is 3. The zero-order chi connectivity index (χ0) is 33.3. The van der Waals surface area contributed by atoms with Gasteiger partial charge < -0.3 is 18.6 Å². The summed E-state index contributed by atoms with van der Waals surface area (Å²) in [6.45, 7) is 2.20. The Morgan fingerprint density at radius 3 is 2.06 bits per heavy atom. The van der Waals surface area contributed by atoms with E-state index >= 15 is 0 Å². The van der Waals surface area contributed by atoms with Gasteiger partial charge in [0.25, 0.3) is 0 Å². The molecule has 49 heavy (non-hydrogen) atoms. The number of methoxy groups -OCH3 is 2. The third-order valence-corrected chi connectivity index (χ3v) is 11.3. The van der Waals surface area contributed by atoms with E-state index in [4.69, 9.17) is 18.6 Å². The smallest absolute Gasteiger partial charge is 0.417 e. The fourth-order valence-electron chi connectivity index (χ4n) is 8.95. The molecule has 3 aliphatic rings. The second-order valence-corrected chi connectivity index (χ2v) is 13.9. The average Bonchev–Trinajstić information content (AvgIpc) is 3.62. The average molecular weight is 650 g/mol. The number of hydrogen-bond donors (Lipinski definition) is 1. The van der Waals surface area contributed by atoms with E-state index in [1.54, 1.807) is 14.2 Å². The van der Waals surface area contributed by atoms with Gasteiger partial charge in [0, 0.05) is 27.5 Å². The summed E-state index contributed by atoms with van der Waals surface area (Å²) >= 11 is 0. The lowest BCUT2D eigenvalue weighted by Crippen LogP contribution is -2.35. The molecule has 1 aliphatic heterocycles. The molecule has 6 aromatic rings. The highest BCUT2D eigenvalue weighted by Crippen LogP contribution is 2.62. The number of hydrogen-bond acceptors (Lipinski definition) is 5. The molecule has 0 atom stereocenters. The molecule has 5 aromatic carbocycles. The summed E-state index contributed by atoms with van der Waals surface area (Å²) in [6, 6.07) is 27.3. The van der Waals surface area contributed by atoms with Crippen molar-refractivity contribution in [2.45, 2.75) is 62.9 Å². The van der Waals surface area contributed by atoms with Crippen molar-refractivity contribution in [3.63, 3.8) is 0 Å². The molecule has 1 saturated carbocycles. The molecule has 0 radical (unpaired) electrons. The van der Waals surface area contributed by atoms with Crippen LogP contribution in [0.5, 0.6) is 17.2 Å². The molecular weight excluding hydrogens is 610 g/mol. The van der Waals surface area contributed by atoms with E-state index in [-0.39, 0.29) is 5.41 Å². The van der Waals surface area contributed by atoms with Crippen LogP contribution in [0.1, 0.15) is 78.3 Å². The lowest BCUT2D eigenvalue weighted by atomic mass is 9.67. The lowest BCUT2D eigenvalue weighted by molar-refractivity contribution is 0.163. The number of oxazole rings is 1. The van der Waals surface area contributed by atoms with E-state index in [2.05, 4.69) is 72.6 Å².